The van der Waals surface area contributed by atoms with E-state index in [2.05, 4.69) is 0 Å². The Hall–Kier alpha value is -1.28. The summed E-state index contributed by atoms with van der Waals surface area (Å²) < 4.78 is 52.1. The minimum atomic E-state index is -3.60. The van der Waals surface area contributed by atoms with E-state index in [0.717, 1.165) is 0 Å². The van der Waals surface area contributed by atoms with Crippen LogP contribution in [0.2, 0.25) is 0 Å². The van der Waals surface area contributed by atoms with Crippen LogP contribution in [0.1, 0.15) is 13.3 Å². The molecule has 0 saturated carbocycles. The van der Waals surface area contributed by atoms with Gasteiger partial charge in [-0.2, -0.15) is 0 Å². The van der Waals surface area contributed by atoms with Gasteiger partial charge in [-0.1, -0.05) is 6.92 Å². The normalized spacial score (nSPS) is 12.3. The van der Waals surface area contributed by atoms with Crippen LogP contribution in [0, 0.1) is 0 Å². The average Bonchev–Trinajstić information content (AvgIpc) is 2.37. The van der Waals surface area contributed by atoms with Crippen molar-refractivity contribution in [1.29, 1.82) is 0 Å². The van der Waals surface area contributed by atoms with Gasteiger partial charge in [0.05, 0.1) is 18.6 Å². The van der Waals surface area contributed by atoms with E-state index in [-0.39, 0.29) is 34.3 Å². The quantitative estimate of drug-likeness (QED) is 0.748. The SMILES string of the molecule is CCS(=O)(=O)CCCS(=O)(=O)c1ccc(N)cc1OC. The molecule has 0 aliphatic heterocycles. The highest BCUT2D eigenvalue weighted by Crippen LogP contribution is 2.27. The third-order valence-electron chi connectivity index (χ3n) is 2.83. The highest BCUT2D eigenvalue weighted by Gasteiger charge is 2.20. The first-order valence-corrected chi connectivity index (χ1v) is 9.56. The summed E-state index contributed by atoms with van der Waals surface area (Å²) in [6.45, 7) is 1.53. The van der Waals surface area contributed by atoms with Crippen molar-refractivity contribution in [2.24, 2.45) is 0 Å². The summed E-state index contributed by atoms with van der Waals surface area (Å²) in [5.74, 6) is -0.201. The maximum Gasteiger partial charge on any atom is 0.182 e. The van der Waals surface area contributed by atoms with Gasteiger partial charge in [0.25, 0.3) is 0 Å². The van der Waals surface area contributed by atoms with Crippen LogP contribution in [0.25, 0.3) is 0 Å². The fourth-order valence-corrected chi connectivity index (χ4v) is 4.19. The van der Waals surface area contributed by atoms with Crippen molar-refractivity contribution >= 4 is 25.4 Å². The lowest BCUT2D eigenvalue weighted by molar-refractivity contribution is 0.403. The number of nitrogen functional groups attached to an aromatic ring is 1. The molecule has 0 saturated heterocycles. The molecule has 0 radical (unpaired) electrons. The number of hydrogen-bond donors (Lipinski definition) is 1. The van der Waals surface area contributed by atoms with Crippen LogP contribution in [0.3, 0.4) is 0 Å². The summed E-state index contributed by atoms with van der Waals surface area (Å²) in [6, 6.07) is 4.27. The Morgan fingerprint density at radius 1 is 1.15 bits per heavy atom. The number of rotatable bonds is 7. The first-order chi connectivity index (χ1) is 9.22. The molecule has 1 aromatic rings. The molecular weight excluding hydrogens is 302 g/mol. The lowest BCUT2D eigenvalue weighted by atomic mass is 10.3. The van der Waals surface area contributed by atoms with Gasteiger partial charge in [-0.05, 0) is 18.6 Å². The second-order valence-electron chi connectivity index (χ2n) is 4.32. The molecule has 0 aromatic heterocycles. The second kappa shape index (κ2) is 6.45. The smallest absolute Gasteiger partial charge is 0.182 e. The van der Waals surface area contributed by atoms with Gasteiger partial charge in [0.15, 0.2) is 9.84 Å². The Labute approximate surface area is 119 Å². The van der Waals surface area contributed by atoms with E-state index in [1.165, 1.54) is 32.2 Å². The van der Waals surface area contributed by atoms with Crippen molar-refractivity contribution in [2.45, 2.75) is 18.2 Å². The van der Waals surface area contributed by atoms with E-state index < -0.39 is 19.7 Å². The van der Waals surface area contributed by atoms with Crippen molar-refractivity contribution in [1.82, 2.24) is 0 Å². The van der Waals surface area contributed by atoms with E-state index in [1.807, 2.05) is 0 Å². The molecule has 8 heteroatoms. The van der Waals surface area contributed by atoms with Gasteiger partial charge in [0.1, 0.15) is 20.5 Å². The molecule has 1 rings (SSSR count). The van der Waals surface area contributed by atoms with E-state index in [0.29, 0.717) is 5.69 Å². The van der Waals surface area contributed by atoms with Gasteiger partial charge < -0.3 is 10.5 Å². The van der Waals surface area contributed by atoms with Gasteiger partial charge in [-0.25, -0.2) is 16.8 Å². The number of nitrogens with two attached hydrogens (primary N) is 1. The zero-order valence-electron chi connectivity index (χ0n) is 11.5. The first-order valence-electron chi connectivity index (χ1n) is 6.08. The van der Waals surface area contributed by atoms with E-state index in [9.17, 15) is 16.8 Å². The third kappa shape index (κ3) is 4.38. The van der Waals surface area contributed by atoms with Gasteiger partial charge in [-0.3, -0.25) is 0 Å². The van der Waals surface area contributed by atoms with Crippen molar-refractivity contribution < 1.29 is 21.6 Å². The molecule has 0 fully saturated rings. The number of sulfone groups is 2. The van der Waals surface area contributed by atoms with Crippen LogP contribution in [-0.4, -0.2) is 41.2 Å². The number of benzene rings is 1. The highest BCUT2D eigenvalue weighted by molar-refractivity contribution is 7.92. The summed E-state index contributed by atoms with van der Waals surface area (Å²) in [5, 5.41) is 0. The molecule has 20 heavy (non-hydrogen) atoms. The average molecular weight is 321 g/mol. The lowest BCUT2D eigenvalue weighted by Crippen LogP contribution is -2.15. The molecule has 0 heterocycles. The van der Waals surface area contributed by atoms with Crippen LogP contribution < -0.4 is 10.5 Å². The second-order valence-corrected chi connectivity index (χ2v) is 8.87. The van der Waals surface area contributed by atoms with Crippen LogP contribution in [0.4, 0.5) is 5.69 Å². The van der Waals surface area contributed by atoms with Crippen LogP contribution in [0.5, 0.6) is 5.75 Å². The zero-order chi connectivity index (χ0) is 15.4. The molecular formula is C12H19NO5S2. The van der Waals surface area contributed by atoms with Crippen molar-refractivity contribution in [3.05, 3.63) is 18.2 Å². The molecule has 0 bridgehead atoms. The Morgan fingerprint density at radius 3 is 2.35 bits per heavy atom. The minimum absolute atomic E-state index is 0.0121. The van der Waals surface area contributed by atoms with Gasteiger partial charge in [0.2, 0.25) is 0 Å². The summed E-state index contributed by atoms with van der Waals surface area (Å²) in [4.78, 5) is 0.0306. The predicted molar refractivity (Wildman–Crippen MR) is 78.4 cm³/mol. The molecule has 0 aliphatic rings. The number of hydrogen-bond acceptors (Lipinski definition) is 6. The van der Waals surface area contributed by atoms with Crippen LogP contribution in [-0.2, 0) is 19.7 Å². The van der Waals surface area contributed by atoms with Crippen molar-refractivity contribution in [3.8, 4) is 5.75 Å². The standard InChI is InChI=1S/C12H19NO5S2/c1-3-19(14,15)7-4-8-20(16,17)12-6-5-10(13)9-11(12)18-2/h5-6,9H,3-4,7-8,13H2,1-2H3. The molecule has 1 aromatic carbocycles. The zero-order valence-corrected chi connectivity index (χ0v) is 13.1. The Balaban J connectivity index is 2.90. The summed E-state index contributed by atoms with van der Waals surface area (Å²) >= 11 is 0. The summed E-state index contributed by atoms with van der Waals surface area (Å²) in [5.41, 5.74) is 5.96. The monoisotopic (exact) mass is 321 g/mol. The molecule has 0 aliphatic carbocycles. The highest BCUT2D eigenvalue weighted by atomic mass is 32.2. The van der Waals surface area contributed by atoms with Gasteiger partial charge in [-0.15, -0.1) is 0 Å². The molecule has 2 N–H and O–H groups in total. The largest absolute Gasteiger partial charge is 0.495 e. The summed E-state index contributed by atoms with van der Waals surface area (Å²) in [6.07, 6.45) is 0.0615. The van der Waals surface area contributed by atoms with E-state index in [1.54, 1.807) is 0 Å². The molecule has 6 nitrogen and oxygen atoms in total. The molecule has 0 unspecified atom stereocenters. The molecule has 0 amide bonds. The Kier molecular flexibility index (Phi) is 5.41. The number of ether oxygens (including phenoxy) is 1. The Bertz CT molecular complexity index is 665. The van der Waals surface area contributed by atoms with Crippen LogP contribution in [0.15, 0.2) is 23.1 Å². The Morgan fingerprint density at radius 2 is 1.80 bits per heavy atom. The minimum Gasteiger partial charge on any atom is -0.495 e. The van der Waals surface area contributed by atoms with Gasteiger partial charge >= 0.3 is 0 Å². The lowest BCUT2D eigenvalue weighted by Gasteiger charge is -2.10. The fourth-order valence-electron chi connectivity index (χ4n) is 1.66. The topological polar surface area (TPSA) is 104 Å². The van der Waals surface area contributed by atoms with E-state index in [4.69, 9.17) is 10.5 Å². The number of anilines is 1. The fraction of sp³-hybridized carbons (Fsp3) is 0.500. The number of methoxy groups -OCH3 is 1. The molecule has 0 atom stereocenters. The van der Waals surface area contributed by atoms with Gasteiger partial charge in [0, 0.05) is 17.5 Å². The van der Waals surface area contributed by atoms with E-state index >= 15 is 0 Å². The third-order valence-corrected chi connectivity index (χ3v) is 6.45. The maximum atomic E-state index is 12.2. The van der Waals surface area contributed by atoms with Crippen LogP contribution >= 0.6 is 0 Å². The first kappa shape index (κ1) is 16.8. The van der Waals surface area contributed by atoms with Crippen molar-refractivity contribution in [2.75, 3.05) is 30.1 Å². The predicted octanol–water partition coefficient (Wildman–Crippen LogP) is 0.876. The maximum absolute atomic E-state index is 12.2. The van der Waals surface area contributed by atoms with Crippen molar-refractivity contribution in [3.63, 3.8) is 0 Å². The molecule has 0 spiro atoms. The summed E-state index contributed by atoms with van der Waals surface area (Å²) in [7, 11) is -5.40. The molecule has 114 valence electrons.